The standard InChI is InChI=1S/C20H21N3O2/c1-13-4-3-9-21-19(13)22-20(25)16-11-18(24)23(12-16)17-8-7-14-5-2-6-15(14)10-17/h3-4,7-10,16H,2,5-6,11-12H2,1H3,(H,21,22,25)/t16-/m0/s1. The van der Waals surface area contributed by atoms with E-state index in [0.717, 1.165) is 24.1 Å². The summed E-state index contributed by atoms with van der Waals surface area (Å²) < 4.78 is 0. The Morgan fingerprint density at radius 2 is 2.08 bits per heavy atom. The minimum atomic E-state index is -0.345. The summed E-state index contributed by atoms with van der Waals surface area (Å²) in [5.74, 6) is 0.0905. The van der Waals surface area contributed by atoms with Crippen molar-refractivity contribution in [1.29, 1.82) is 0 Å². The topological polar surface area (TPSA) is 62.3 Å². The van der Waals surface area contributed by atoms with Gasteiger partial charge in [-0.15, -0.1) is 0 Å². The van der Waals surface area contributed by atoms with Gasteiger partial charge in [0.1, 0.15) is 5.82 Å². The van der Waals surface area contributed by atoms with Crippen LogP contribution in [0.1, 0.15) is 29.5 Å². The lowest BCUT2D eigenvalue weighted by atomic mass is 10.1. The molecule has 5 nitrogen and oxygen atoms in total. The highest BCUT2D eigenvalue weighted by atomic mass is 16.2. The lowest BCUT2D eigenvalue weighted by molar-refractivity contribution is -0.122. The number of carbonyl (C=O) groups excluding carboxylic acids is 2. The van der Waals surface area contributed by atoms with Gasteiger partial charge in [-0.05, 0) is 61.1 Å². The number of hydrogen-bond donors (Lipinski definition) is 1. The van der Waals surface area contributed by atoms with Crippen LogP contribution in [0.4, 0.5) is 11.5 Å². The van der Waals surface area contributed by atoms with E-state index in [9.17, 15) is 9.59 Å². The average Bonchev–Trinajstić information content (AvgIpc) is 3.22. The van der Waals surface area contributed by atoms with Gasteiger partial charge in [0, 0.05) is 24.8 Å². The normalized spacial score (nSPS) is 19.2. The number of carbonyl (C=O) groups is 2. The van der Waals surface area contributed by atoms with Gasteiger partial charge in [0.15, 0.2) is 0 Å². The number of hydrogen-bond acceptors (Lipinski definition) is 3. The van der Waals surface area contributed by atoms with Gasteiger partial charge in [0.25, 0.3) is 0 Å². The molecule has 0 bridgehead atoms. The highest BCUT2D eigenvalue weighted by Crippen LogP contribution is 2.31. The first-order valence-electron chi connectivity index (χ1n) is 8.76. The maximum absolute atomic E-state index is 12.5. The van der Waals surface area contributed by atoms with E-state index in [1.54, 1.807) is 11.1 Å². The van der Waals surface area contributed by atoms with Crippen molar-refractivity contribution in [2.45, 2.75) is 32.6 Å². The van der Waals surface area contributed by atoms with Crippen molar-refractivity contribution < 1.29 is 9.59 Å². The minimum Gasteiger partial charge on any atom is -0.312 e. The molecule has 2 amide bonds. The Kier molecular flexibility index (Phi) is 3.99. The summed E-state index contributed by atoms with van der Waals surface area (Å²) in [7, 11) is 0. The van der Waals surface area contributed by atoms with Gasteiger partial charge < -0.3 is 10.2 Å². The maximum atomic E-state index is 12.5. The van der Waals surface area contributed by atoms with E-state index in [2.05, 4.69) is 22.4 Å². The maximum Gasteiger partial charge on any atom is 0.230 e. The second kappa shape index (κ2) is 6.31. The Morgan fingerprint density at radius 3 is 2.92 bits per heavy atom. The fourth-order valence-electron chi connectivity index (χ4n) is 3.69. The van der Waals surface area contributed by atoms with Crippen LogP contribution in [0.3, 0.4) is 0 Å². The molecule has 0 unspecified atom stereocenters. The third-order valence-electron chi connectivity index (χ3n) is 5.14. The molecule has 4 rings (SSSR count). The second-order valence-electron chi connectivity index (χ2n) is 6.87. The number of fused-ring (bicyclic) bond motifs is 1. The molecule has 2 aliphatic rings. The molecule has 1 aromatic heterocycles. The zero-order chi connectivity index (χ0) is 17.4. The minimum absolute atomic E-state index is 0.0100. The van der Waals surface area contributed by atoms with Crippen molar-refractivity contribution in [2.24, 2.45) is 5.92 Å². The first kappa shape index (κ1) is 15.8. The molecule has 1 N–H and O–H groups in total. The van der Waals surface area contributed by atoms with E-state index in [1.165, 1.54) is 17.5 Å². The molecular formula is C20H21N3O2. The summed E-state index contributed by atoms with van der Waals surface area (Å²) in [5.41, 5.74) is 4.54. The van der Waals surface area contributed by atoms with Crippen molar-refractivity contribution in [3.63, 3.8) is 0 Å². The third kappa shape index (κ3) is 3.02. The van der Waals surface area contributed by atoms with Crippen LogP contribution in [0.2, 0.25) is 0 Å². The molecule has 25 heavy (non-hydrogen) atoms. The zero-order valence-corrected chi connectivity index (χ0v) is 14.3. The predicted molar refractivity (Wildman–Crippen MR) is 96.5 cm³/mol. The van der Waals surface area contributed by atoms with E-state index in [0.29, 0.717) is 12.4 Å². The first-order valence-corrected chi connectivity index (χ1v) is 8.76. The molecular weight excluding hydrogens is 314 g/mol. The number of aryl methyl sites for hydroxylation is 3. The van der Waals surface area contributed by atoms with Crippen molar-refractivity contribution in [1.82, 2.24) is 4.98 Å². The van der Waals surface area contributed by atoms with Gasteiger partial charge in [-0.3, -0.25) is 9.59 Å². The summed E-state index contributed by atoms with van der Waals surface area (Å²) in [4.78, 5) is 30.9. The van der Waals surface area contributed by atoms with Crippen LogP contribution in [0, 0.1) is 12.8 Å². The molecule has 1 saturated heterocycles. The van der Waals surface area contributed by atoms with Gasteiger partial charge in [0.2, 0.25) is 11.8 Å². The smallest absolute Gasteiger partial charge is 0.230 e. The van der Waals surface area contributed by atoms with Crippen LogP contribution in [-0.4, -0.2) is 23.3 Å². The second-order valence-corrected chi connectivity index (χ2v) is 6.87. The molecule has 128 valence electrons. The summed E-state index contributed by atoms with van der Waals surface area (Å²) in [6.07, 6.45) is 5.28. The van der Waals surface area contributed by atoms with Crippen molar-refractivity contribution in [2.75, 3.05) is 16.8 Å². The summed E-state index contributed by atoms with van der Waals surface area (Å²) in [6.45, 7) is 2.33. The van der Waals surface area contributed by atoms with E-state index in [-0.39, 0.29) is 24.2 Å². The Hall–Kier alpha value is -2.69. The molecule has 1 aliphatic heterocycles. The van der Waals surface area contributed by atoms with Gasteiger partial charge in [-0.1, -0.05) is 12.1 Å². The molecule has 0 spiro atoms. The SMILES string of the molecule is Cc1cccnc1NC(=O)[C@H]1CC(=O)N(c2ccc3c(c2)CCC3)C1. The summed E-state index contributed by atoms with van der Waals surface area (Å²) >= 11 is 0. The van der Waals surface area contributed by atoms with Crippen molar-refractivity contribution >= 4 is 23.3 Å². The van der Waals surface area contributed by atoms with E-state index in [4.69, 9.17) is 0 Å². The van der Waals surface area contributed by atoms with Gasteiger partial charge in [-0.25, -0.2) is 4.98 Å². The number of nitrogens with zero attached hydrogens (tertiary/aromatic N) is 2. The van der Waals surface area contributed by atoms with E-state index < -0.39 is 0 Å². The summed E-state index contributed by atoms with van der Waals surface area (Å²) in [5, 5.41) is 2.86. The van der Waals surface area contributed by atoms with E-state index in [1.807, 2.05) is 25.1 Å². The van der Waals surface area contributed by atoms with Crippen LogP contribution in [0.25, 0.3) is 0 Å². The number of pyridine rings is 1. The third-order valence-corrected chi connectivity index (χ3v) is 5.14. The zero-order valence-electron chi connectivity index (χ0n) is 14.3. The summed E-state index contributed by atoms with van der Waals surface area (Å²) in [6, 6.07) is 9.98. The Bertz CT molecular complexity index is 847. The van der Waals surface area contributed by atoms with Crippen LogP contribution in [0.15, 0.2) is 36.5 Å². The molecule has 1 aromatic carbocycles. The number of benzene rings is 1. The predicted octanol–water partition coefficient (Wildman–Crippen LogP) is 2.87. The van der Waals surface area contributed by atoms with E-state index >= 15 is 0 Å². The fourth-order valence-corrected chi connectivity index (χ4v) is 3.69. The van der Waals surface area contributed by atoms with Crippen LogP contribution in [0.5, 0.6) is 0 Å². The van der Waals surface area contributed by atoms with Crippen molar-refractivity contribution in [3.8, 4) is 0 Å². The Labute approximate surface area is 147 Å². The molecule has 1 atom stereocenters. The van der Waals surface area contributed by atoms with Gasteiger partial charge in [0.05, 0.1) is 5.92 Å². The number of rotatable bonds is 3. The van der Waals surface area contributed by atoms with Gasteiger partial charge in [-0.2, -0.15) is 0 Å². The lowest BCUT2D eigenvalue weighted by Gasteiger charge is -2.18. The lowest BCUT2D eigenvalue weighted by Crippen LogP contribution is -2.28. The Balaban J connectivity index is 1.48. The number of aromatic nitrogens is 1. The molecule has 1 aliphatic carbocycles. The molecule has 0 saturated carbocycles. The monoisotopic (exact) mass is 335 g/mol. The highest BCUT2D eigenvalue weighted by molar-refractivity contribution is 6.03. The number of anilines is 2. The fraction of sp³-hybridized carbons (Fsp3) is 0.350. The quantitative estimate of drug-likeness (QED) is 0.938. The van der Waals surface area contributed by atoms with Crippen molar-refractivity contribution in [3.05, 3.63) is 53.2 Å². The highest BCUT2D eigenvalue weighted by Gasteiger charge is 2.35. The van der Waals surface area contributed by atoms with Crippen LogP contribution in [-0.2, 0) is 22.4 Å². The molecule has 0 radical (unpaired) electrons. The number of amides is 2. The molecule has 5 heteroatoms. The average molecular weight is 335 g/mol. The Morgan fingerprint density at radius 1 is 1.24 bits per heavy atom. The molecule has 1 fully saturated rings. The van der Waals surface area contributed by atoms with Crippen LogP contribution < -0.4 is 10.2 Å². The van der Waals surface area contributed by atoms with Crippen LogP contribution >= 0.6 is 0 Å². The molecule has 2 heterocycles. The largest absolute Gasteiger partial charge is 0.312 e. The molecule has 2 aromatic rings. The first-order chi connectivity index (χ1) is 12.1. The van der Waals surface area contributed by atoms with Gasteiger partial charge >= 0.3 is 0 Å². The number of nitrogens with one attached hydrogen (secondary N) is 1.